The molecule has 2 amide bonds. The summed E-state index contributed by atoms with van der Waals surface area (Å²) in [5.74, 6) is -1.11. The van der Waals surface area contributed by atoms with Gasteiger partial charge in [0.05, 0.1) is 5.52 Å². The van der Waals surface area contributed by atoms with Crippen molar-refractivity contribution in [1.29, 1.82) is 0 Å². The number of amides is 2. The highest BCUT2D eigenvalue weighted by atomic mass is 16.4. The van der Waals surface area contributed by atoms with Gasteiger partial charge >= 0.3 is 5.76 Å². The van der Waals surface area contributed by atoms with Gasteiger partial charge in [-0.15, -0.1) is 0 Å². The molecule has 0 atom stereocenters. The molecule has 7 heteroatoms. The van der Waals surface area contributed by atoms with Crippen LogP contribution in [0, 0.1) is 6.92 Å². The standard InChI is InChI=1S/C20H19N3O4/c1-12-5-8-17-16(9-12)23(20(26)27-17)11-18(24)21-15-4-2-3-13(10-15)19(25)22-14-6-7-14/h2-5,8-10,14H,6-7,11H2,1H3,(H,21,24)(H,22,25). The number of carbonyl (C=O) groups excluding carboxylic acids is 2. The van der Waals surface area contributed by atoms with Crippen molar-refractivity contribution in [2.75, 3.05) is 5.32 Å². The second-order valence-corrected chi connectivity index (χ2v) is 6.80. The fourth-order valence-corrected chi connectivity index (χ4v) is 2.90. The van der Waals surface area contributed by atoms with Crippen molar-refractivity contribution >= 4 is 28.6 Å². The predicted molar refractivity (Wildman–Crippen MR) is 101 cm³/mol. The fourth-order valence-electron chi connectivity index (χ4n) is 2.90. The predicted octanol–water partition coefficient (Wildman–Crippen LogP) is 2.43. The summed E-state index contributed by atoms with van der Waals surface area (Å²) < 4.78 is 6.47. The molecule has 0 unspecified atom stereocenters. The minimum atomic E-state index is -0.580. The lowest BCUT2D eigenvalue weighted by atomic mass is 10.2. The summed E-state index contributed by atoms with van der Waals surface area (Å²) >= 11 is 0. The van der Waals surface area contributed by atoms with E-state index in [9.17, 15) is 14.4 Å². The van der Waals surface area contributed by atoms with Gasteiger partial charge in [-0.3, -0.25) is 14.2 Å². The maximum absolute atomic E-state index is 12.4. The Morgan fingerprint density at radius 3 is 2.78 bits per heavy atom. The summed E-state index contributed by atoms with van der Waals surface area (Å²) in [6.07, 6.45) is 2.02. The SMILES string of the molecule is Cc1ccc2oc(=O)n(CC(=O)Nc3cccc(C(=O)NC4CC4)c3)c2c1. The highest BCUT2D eigenvalue weighted by Crippen LogP contribution is 2.20. The molecular formula is C20H19N3O4. The molecule has 138 valence electrons. The molecule has 0 spiro atoms. The number of carbonyl (C=O) groups is 2. The van der Waals surface area contributed by atoms with Gasteiger partial charge in [-0.2, -0.15) is 0 Å². The molecule has 1 aliphatic rings. The van der Waals surface area contributed by atoms with Crippen molar-refractivity contribution in [2.24, 2.45) is 0 Å². The van der Waals surface area contributed by atoms with E-state index in [1.165, 1.54) is 4.57 Å². The van der Waals surface area contributed by atoms with Gasteiger partial charge in [0.2, 0.25) is 5.91 Å². The van der Waals surface area contributed by atoms with Crippen molar-refractivity contribution in [3.8, 4) is 0 Å². The van der Waals surface area contributed by atoms with Gasteiger partial charge in [0.25, 0.3) is 5.91 Å². The maximum atomic E-state index is 12.4. The van der Waals surface area contributed by atoms with Crippen LogP contribution in [-0.4, -0.2) is 22.4 Å². The Morgan fingerprint density at radius 2 is 2.00 bits per heavy atom. The average molecular weight is 365 g/mol. The van der Waals surface area contributed by atoms with E-state index >= 15 is 0 Å². The number of nitrogens with zero attached hydrogens (tertiary/aromatic N) is 1. The Labute approximate surface area is 155 Å². The molecule has 1 heterocycles. The number of hydrogen-bond donors (Lipinski definition) is 2. The number of nitrogens with one attached hydrogen (secondary N) is 2. The second kappa shape index (κ2) is 6.75. The molecule has 3 aromatic rings. The van der Waals surface area contributed by atoms with Crippen molar-refractivity contribution in [1.82, 2.24) is 9.88 Å². The lowest BCUT2D eigenvalue weighted by Gasteiger charge is -2.08. The number of hydrogen-bond acceptors (Lipinski definition) is 4. The van der Waals surface area contributed by atoms with Crippen LogP contribution in [0.25, 0.3) is 11.1 Å². The van der Waals surface area contributed by atoms with Gasteiger partial charge < -0.3 is 15.1 Å². The van der Waals surface area contributed by atoms with Crippen molar-refractivity contribution in [3.63, 3.8) is 0 Å². The summed E-state index contributed by atoms with van der Waals surface area (Å²) in [7, 11) is 0. The summed E-state index contributed by atoms with van der Waals surface area (Å²) in [4.78, 5) is 36.6. The van der Waals surface area contributed by atoms with Gasteiger partial charge in [0.1, 0.15) is 6.54 Å². The summed E-state index contributed by atoms with van der Waals surface area (Å²) in [6.45, 7) is 1.73. The first-order chi connectivity index (χ1) is 13.0. The largest absolute Gasteiger partial charge is 0.420 e. The third-order valence-electron chi connectivity index (χ3n) is 4.45. The molecule has 0 bridgehead atoms. The first-order valence-corrected chi connectivity index (χ1v) is 8.80. The molecule has 7 nitrogen and oxygen atoms in total. The van der Waals surface area contributed by atoms with Crippen LogP contribution in [0.15, 0.2) is 51.7 Å². The Balaban J connectivity index is 1.50. The monoisotopic (exact) mass is 365 g/mol. The Hall–Kier alpha value is -3.35. The molecule has 1 saturated carbocycles. The highest BCUT2D eigenvalue weighted by Gasteiger charge is 2.23. The number of benzene rings is 2. The van der Waals surface area contributed by atoms with Gasteiger partial charge in [-0.05, 0) is 55.7 Å². The number of anilines is 1. The van der Waals surface area contributed by atoms with Crippen LogP contribution < -0.4 is 16.4 Å². The normalized spacial score (nSPS) is 13.5. The second-order valence-electron chi connectivity index (χ2n) is 6.80. The Kier molecular flexibility index (Phi) is 4.27. The fraction of sp³-hybridized carbons (Fsp3) is 0.250. The summed E-state index contributed by atoms with van der Waals surface area (Å²) in [5, 5.41) is 5.64. The van der Waals surface area contributed by atoms with Crippen molar-refractivity contribution < 1.29 is 14.0 Å². The third kappa shape index (κ3) is 3.76. The van der Waals surface area contributed by atoms with E-state index in [-0.39, 0.29) is 24.4 Å². The van der Waals surface area contributed by atoms with Crippen LogP contribution in [0.2, 0.25) is 0 Å². The molecule has 2 N–H and O–H groups in total. The maximum Gasteiger partial charge on any atom is 0.420 e. The van der Waals surface area contributed by atoms with E-state index < -0.39 is 5.76 Å². The van der Waals surface area contributed by atoms with E-state index in [1.54, 1.807) is 36.4 Å². The van der Waals surface area contributed by atoms with Gasteiger partial charge in [0.15, 0.2) is 5.58 Å². The first kappa shape index (κ1) is 17.1. The molecule has 4 rings (SSSR count). The molecule has 0 saturated heterocycles. The first-order valence-electron chi connectivity index (χ1n) is 8.80. The quantitative estimate of drug-likeness (QED) is 0.726. The molecule has 2 aromatic carbocycles. The lowest BCUT2D eigenvalue weighted by molar-refractivity contribution is -0.116. The summed E-state index contributed by atoms with van der Waals surface area (Å²) in [5.41, 5.74) is 2.97. The van der Waals surface area contributed by atoms with E-state index in [2.05, 4.69) is 10.6 Å². The van der Waals surface area contributed by atoms with Gasteiger partial charge in [-0.1, -0.05) is 12.1 Å². The van der Waals surface area contributed by atoms with Crippen LogP contribution in [0.1, 0.15) is 28.8 Å². The van der Waals surface area contributed by atoms with Crippen molar-refractivity contribution in [2.45, 2.75) is 32.4 Å². The van der Waals surface area contributed by atoms with Gasteiger partial charge in [0, 0.05) is 17.3 Å². The van der Waals surface area contributed by atoms with E-state index in [0.717, 1.165) is 18.4 Å². The molecule has 27 heavy (non-hydrogen) atoms. The smallest absolute Gasteiger partial charge is 0.408 e. The number of aryl methyl sites for hydroxylation is 1. The van der Waals surface area contributed by atoms with Crippen LogP contribution in [-0.2, 0) is 11.3 Å². The molecule has 1 aliphatic carbocycles. The zero-order chi connectivity index (χ0) is 19.0. The summed E-state index contributed by atoms with van der Waals surface area (Å²) in [6, 6.07) is 12.3. The van der Waals surface area contributed by atoms with Crippen LogP contribution in [0.3, 0.4) is 0 Å². The third-order valence-corrected chi connectivity index (χ3v) is 4.45. The average Bonchev–Trinajstić information content (AvgIpc) is 3.40. The number of aromatic nitrogens is 1. The van der Waals surface area contributed by atoms with E-state index in [1.807, 2.05) is 13.0 Å². The number of rotatable bonds is 5. The molecule has 1 aromatic heterocycles. The minimum absolute atomic E-state index is 0.152. The van der Waals surface area contributed by atoms with E-state index in [4.69, 9.17) is 4.42 Å². The van der Waals surface area contributed by atoms with Crippen molar-refractivity contribution in [3.05, 3.63) is 64.1 Å². The topological polar surface area (TPSA) is 93.3 Å². The Morgan fingerprint density at radius 1 is 1.19 bits per heavy atom. The molecule has 0 radical (unpaired) electrons. The molecular weight excluding hydrogens is 346 g/mol. The molecule has 0 aliphatic heterocycles. The Bertz CT molecular complexity index is 1090. The van der Waals surface area contributed by atoms with Crippen LogP contribution in [0.4, 0.5) is 5.69 Å². The van der Waals surface area contributed by atoms with E-state index in [0.29, 0.717) is 22.4 Å². The highest BCUT2D eigenvalue weighted by molar-refractivity contribution is 5.97. The number of fused-ring (bicyclic) bond motifs is 1. The van der Waals surface area contributed by atoms with Gasteiger partial charge in [-0.25, -0.2) is 4.79 Å². The minimum Gasteiger partial charge on any atom is -0.408 e. The number of oxazole rings is 1. The van der Waals surface area contributed by atoms with Crippen LogP contribution in [0.5, 0.6) is 0 Å². The zero-order valence-electron chi connectivity index (χ0n) is 14.8. The zero-order valence-corrected chi connectivity index (χ0v) is 14.8. The van der Waals surface area contributed by atoms with Crippen LogP contribution >= 0.6 is 0 Å². The molecule has 1 fully saturated rings. The lowest BCUT2D eigenvalue weighted by Crippen LogP contribution is -2.26.